The summed E-state index contributed by atoms with van der Waals surface area (Å²) in [6, 6.07) is 15.3. The molecule has 130 valence electrons. The van der Waals surface area contributed by atoms with E-state index in [0.29, 0.717) is 0 Å². The summed E-state index contributed by atoms with van der Waals surface area (Å²) in [6.45, 7) is 5.80. The molecule has 1 atom stereocenters. The van der Waals surface area contributed by atoms with Crippen molar-refractivity contribution in [3.63, 3.8) is 0 Å². The monoisotopic (exact) mass is 336 g/mol. The average molecular weight is 336 g/mol. The largest absolute Gasteiger partial charge is 0.354 e. The first-order valence-corrected chi connectivity index (χ1v) is 9.28. The van der Waals surface area contributed by atoms with Crippen LogP contribution in [0.2, 0.25) is 0 Å². The van der Waals surface area contributed by atoms with Gasteiger partial charge in [0.2, 0.25) is 0 Å². The number of fused-ring (bicyclic) bond motifs is 1. The molecule has 1 fully saturated rings. The van der Waals surface area contributed by atoms with Crippen molar-refractivity contribution in [3.05, 3.63) is 59.9 Å². The normalized spacial score (nSPS) is 18.7. The second kappa shape index (κ2) is 7.01. The van der Waals surface area contributed by atoms with Gasteiger partial charge in [-0.2, -0.15) is 0 Å². The number of benzene rings is 2. The van der Waals surface area contributed by atoms with E-state index in [1.165, 1.54) is 42.9 Å². The van der Waals surface area contributed by atoms with Crippen LogP contribution in [0.3, 0.4) is 0 Å². The lowest BCUT2D eigenvalue weighted by Gasteiger charge is -2.30. The van der Waals surface area contributed by atoms with Crippen LogP contribution < -0.4 is 0 Å². The second-order valence-corrected chi connectivity index (χ2v) is 7.33. The zero-order valence-electron chi connectivity index (χ0n) is 14.8. The molecule has 1 aliphatic rings. The van der Waals surface area contributed by atoms with E-state index in [9.17, 15) is 4.39 Å². The van der Waals surface area contributed by atoms with Crippen molar-refractivity contribution in [2.75, 3.05) is 19.6 Å². The van der Waals surface area contributed by atoms with Crippen molar-refractivity contribution in [3.8, 4) is 11.3 Å². The third-order valence-corrected chi connectivity index (χ3v) is 5.35. The van der Waals surface area contributed by atoms with Crippen LogP contribution in [-0.4, -0.2) is 29.5 Å². The van der Waals surface area contributed by atoms with Crippen molar-refractivity contribution in [2.45, 2.75) is 26.2 Å². The number of rotatable bonds is 4. The van der Waals surface area contributed by atoms with E-state index in [0.717, 1.165) is 35.7 Å². The Hall–Kier alpha value is -2.13. The Bertz CT molecular complexity index is 867. The van der Waals surface area contributed by atoms with Crippen molar-refractivity contribution in [1.29, 1.82) is 0 Å². The number of piperidine rings is 1. The first-order valence-electron chi connectivity index (χ1n) is 9.28. The minimum Gasteiger partial charge on any atom is -0.354 e. The SMILES string of the molecule is CC1CCCN(CCc2c(-c3cccc(F)c3)[nH]c3ccccc23)C1. The van der Waals surface area contributed by atoms with Crippen LogP contribution in [0, 0.1) is 11.7 Å². The van der Waals surface area contributed by atoms with Crippen LogP contribution in [0.15, 0.2) is 48.5 Å². The van der Waals surface area contributed by atoms with Gasteiger partial charge < -0.3 is 9.88 Å². The van der Waals surface area contributed by atoms with E-state index < -0.39 is 0 Å². The van der Waals surface area contributed by atoms with E-state index in [4.69, 9.17) is 0 Å². The summed E-state index contributed by atoms with van der Waals surface area (Å²) in [7, 11) is 0. The molecule has 2 aromatic carbocycles. The van der Waals surface area contributed by atoms with Crippen molar-refractivity contribution < 1.29 is 4.39 Å². The smallest absolute Gasteiger partial charge is 0.123 e. The summed E-state index contributed by atoms with van der Waals surface area (Å²) >= 11 is 0. The predicted octanol–water partition coefficient (Wildman–Crippen LogP) is 5.25. The molecule has 0 spiro atoms. The molecule has 2 heterocycles. The highest BCUT2D eigenvalue weighted by Crippen LogP contribution is 2.31. The molecular formula is C22H25FN2. The summed E-state index contributed by atoms with van der Waals surface area (Å²) in [5.74, 6) is 0.603. The van der Waals surface area contributed by atoms with Gasteiger partial charge in [0.1, 0.15) is 5.82 Å². The first-order chi connectivity index (χ1) is 12.2. The van der Waals surface area contributed by atoms with Gasteiger partial charge in [-0.3, -0.25) is 0 Å². The fourth-order valence-electron chi connectivity index (χ4n) is 4.11. The third-order valence-electron chi connectivity index (χ3n) is 5.35. The van der Waals surface area contributed by atoms with E-state index in [1.807, 2.05) is 12.1 Å². The molecule has 1 saturated heterocycles. The van der Waals surface area contributed by atoms with Crippen LogP contribution in [0.4, 0.5) is 4.39 Å². The molecule has 25 heavy (non-hydrogen) atoms. The van der Waals surface area contributed by atoms with Gasteiger partial charge in [0.05, 0.1) is 0 Å². The third kappa shape index (κ3) is 3.47. The number of likely N-dealkylation sites (tertiary alicyclic amines) is 1. The summed E-state index contributed by atoms with van der Waals surface area (Å²) in [4.78, 5) is 6.09. The first kappa shape index (κ1) is 16.3. The van der Waals surface area contributed by atoms with E-state index in [2.05, 4.69) is 35.0 Å². The molecule has 1 aromatic heterocycles. The number of halogens is 1. The van der Waals surface area contributed by atoms with Crippen LogP contribution in [0.25, 0.3) is 22.2 Å². The van der Waals surface area contributed by atoms with Gasteiger partial charge in [-0.1, -0.05) is 37.3 Å². The van der Waals surface area contributed by atoms with Gasteiger partial charge in [0, 0.05) is 35.2 Å². The number of hydrogen-bond donors (Lipinski definition) is 1. The average Bonchev–Trinajstić information content (AvgIpc) is 2.99. The predicted molar refractivity (Wildman–Crippen MR) is 102 cm³/mol. The summed E-state index contributed by atoms with van der Waals surface area (Å²) in [5, 5.41) is 1.26. The molecule has 1 unspecified atom stereocenters. The maximum Gasteiger partial charge on any atom is 0.123 e. The molecule has 2 nitrogen and oxygen atoms in total. The zero-order chi connectivity index (χ0) is 17.2. The molecule has 0 saturated carbocycles. The number of nitrogens with zero attached hydrogens (tertiary/aromatic N) is 1. The van der Waals surface area contributed by atoms with E-state index in [1.54, 1.807) is 12.1 Å². The zero-order valence-corrected chi connectivity index (χ0v) is 14.8. The topological polar surface area (TPSA) is 19.0 Å². The Morgan fingerprint density at radius 2 is 2.04 bits per heavy atom. The summed E-state index contributed by atoms with van der Waals surface area (Å²) < 4.78 is 13.7. The van der Waals surface area contributed by atoms with E-state index in [-0.39, 0.29) is 5.82 Å². The number of hydrogen-bond acceptors (Lipinski definition) is 1. The Labute approximate surface area is 148 Å². The fraction of sp³-hybridized carbons (Fsp3) is 0.364. The number of H-pyrrole nitrogens is 1. The molecule has 0 bridgehead atoms. The molecule has 4 rings (SSSR count). The number of aromatic nitrogens is 1. The van der Waals surface area contributed by atoms with Gasteiger partial charge in [0.15, 0.2) is 0 Å². The van der Waals surface area contributed by atoms with Crippen molar-refractivity contribution in [1.82, 2.24) is 9.88 Å². The molecular weight excluding hydrogens is 311 g/mol. The molecule has 3 heteroatoms. The maximum absolute atomic E-state index is 13.7. The quantitative estimate of drug-likeness (QED) is 0.689. The minimum absolute atomic E-state index is 0.188. The van der Waals surface area contributed by atoms with Gasteiger partial charge in [-0.25, -0.2) is 4.39 Å². The maximum atomic E-state index is 13.7. The van der Waals surface area contributed by atoms with Gasteiger partial charge in [0.25, 0.3) is 0 Å². The van der Waals surface area contributed by atoms with Crippen LogP contribution in [-0.2, 0) is 6.42 Å². The fourth-order valence-corrected chi connectivity index (χ4v) is 4.11. The van der Waals surface area contributed by atoms with Crippen LogP contribution >= 0.6 is 0 Å². The minimum atomic E-state index is -0.188. The number of nitrogens with one attached hydrogen (secondary N) is 1. The summed E-state index contributed by atoms with van der Waals surface area (Å²) in [5.41, 5.74) is 4.42. The van der Waals surface area contributed by atoms with Crippen LogP contribution in [0.5, 0.6) is 0 Å². The Kier molecular flexibility index (Phi) is 4.58. The van der Waals surface area contributed by atoms with E-state index >= 15 is 0 Å². The lowest BCUT2D eigenvalue weighted by molar-refractivity contribution is 0.186. The van der Waals surface area contributed by atoms with Gasteiger partial charge in [-0.15, -0.1) is 0 Å². The van der Waals surface area contributed by atoms with Crippen molar-refractivity contribution in [2.24, 2.45) is 5.92 Å². The molecule has 0 radical (unpaired) electrons. The molecule has 1 N–H and O–H groups in total. The lowest BCUT2D eigenvalue weighted by atomic mass is 9.98. The standard InChI is InChI=1S/C22H25FN2/c1-16-6-5-12-25(15-16)13-11-20-19-9-2-3-10-21(19)24-22(20)17-7-4-8-18(23)14-17/h2-4,7-10,14,16,24H,5-6,11-13,15H2,1H3. The lowest BCUT2D eigenvalue weighted by Crippen LogP contribution is -2.35. The highest BCUT2D eigenvalue weighted by molar-refractivity contribution is 5.90. The van der Waals surface area contributed by atoms with Crippen molar-refractivity contribution >= 4 is 10.9 Å². The Morgan fingerprint density at radius 3 is 2.88 bits per heavy atom. The molecule has 0 aliphatic carbocycles. The molecule has 0 amide bonds. The molecule has 1 aliphatic heterocycles. The number of aromatic amines is 1. The Morgan fingerprint density at radius 1 is 1.16 bits per heavy atom. The highest BCUT2D eigenvalue weighted by atomic mass is 19.1. The summed E-state index contributed by atoms with van der Waals surface area (Å²) in [6.07, 6.45) is 3.63. The van der Waals surface area contributed by atoms with Crippen LogP contribution in [0.1, 0.15) is 25.3 Å². The Balaban J connectivity index is 1.67. The highest BCUT2D eigenvalue weighted by Gasteiger charge is 2.18. The second-order valence-electron chi connectivity index (χ2n) is 7.33. The van der Waals surface area contributed by atoms with Gasteiger partial charge in [-0.05, 0) is 55.5 Å². The number of para-hydroxylation sites is 1. The molecule has 3 aromatic rings. The van der Waals surface area contributed by atoms with Gasteiger partial charge >= 0.3 is 0 Å².